The first-order valence-electron chi connectivity index (χ1n) is 6.02. The fraction of sp³-hybridized carbons (Fsp3) is 0.417. The number of fused-ring (bicyclic) bond motifs is 1. The topological polar surface area (TPSA) is 106 Å². The van der Waals surface area contributed by atoms with E-state index in [1.807, 2.05) is 0 Å². The zero-order valence-electron chi connectivity index (χ0n) is 10.5. The lowest BCUT2D eigenvalue weighted by atomic mass is 9.75. The van der Waals surface area contributed by atoms with Gasteiger partial charge in [0.1, 0.15) is 11.3 Å². The summed E-state index contributed by atoms with van der Waals surface area (Å²) in [6.45, 7) is 0.366. The number of nitrogens with two attached hydrogens (primary N) is 1. The summed E-state index contributed by atoms with van der Waals surface area (Å²) in [6.07, 6.45) is 3.65. The standard InChI is InChI=1S/C12H13N3O4.ClH/c13-10(17)7-5-14-6-12(2-1-3-12)15(19)11(18)8(14)4-9(7)16;/h4-5,19H,1-3,6H2,(H2,13,17);1H. The number of primary amides is 1. The van der Waals surface area contributed by atoms with Gasteiger partial charge < -0.3 is 10.3 Å². The smallest absolute Gasteiger partial charge is 0.294 e. The van der Waals surface area contributed by atoms with Crippen molar-refractivity contribution in [2.24, 2.45) is 5.73 Å². The maximum atomic E-state index is 12.1. The predicted molar refractivity (Wildman–Crippen MR) is 71.0 cm³/mol. The van der Waals surface area contributed by atoms with E-state index in [9.17, 15) is 19.6 Å². The number of halogens is 1. The van der Waals surface area contributed by atoms with Crippen molar-refractivity contribution in [2.75, 3.05) is 0 Å². The van der Waals surface area contributed by atoms with Crippen LogP contribution in [0.5, 0.6) is 0 Å². The zero-order chi connectivity index (χ0) is 13.8. The monoisotopic (exact) mass is 299 g/mol. The molecule has 3 rings (SSSR count). The van der Waals surface area contributed by atoms with Crippen LogP contribution >= 0.6 is 12.4 Å². The minimum atomic E-state index is -0.818. The number of nitrogens with zero attached hydrogens (tertiary/aromatic N) is 2. The molecule has 0 saturated heterocycles. The summed E-state index contributed by atoms with van der Waals surface area (Å²) in [7, 11) is 0. The van der Waals surface area contributed by atoms with Gasteiger partial charge in [-0.2, -0.15) is 0 Å². The number of aromatic nitrogens is 1. The molecule has 1 spiro atoms. The van der Waals surface area contributed by atoms with Crippen molar-refractivity contribution in [3.05, 3.63) is 33.7 Å². The highest BCUT2D eigenvalue weighted by Gasteiger charge is 2.49. The van der Waals surface area contributed by atoms with Crippen LogP contribution in [0, 0.1) is 0 Å². The summed E-state index contributed by atoms with van der Waals surface area (Å²) in [5, 5.41) is 10.7. The molecule has 2 amide bonds. The predicted octanol–water partition coefficient (Wildman–Crippen LogP) is 0.137. The molecule has 3 N–H and O–H groups in total. The molecule has 8 heteroatoms. The highest BCUT2D eigenvalue weighted by Crippen LogP contribution is 2.41. The van der Waals surface area contributed by atoms with Crippen LogP contribution in [-0.2, 0) is 6.54 Å². The van der Waals surface area contributed by atoms with Crippen LogP contribution in [0.2, 0.25) is 0 Å². The number of hydroxylamine groups is 2. The summed E-state index contributed by atoms with van der Waals surface area (Å²) in [5.41, 5.74) is 3.85. The molecule has 1 aliphatic carbocycles. The molecule has 0 radical (unpaired) electrons. The first kappa shape index (κ1) is 14.5. The largest absolute Gasteiger partial charge is 0.365 e. The molecule has 1 saturated carbocycles. The van der Waals surface area contributed by atoms with Crippen LogP contribution in [0.15, 0.2) is 17.1 Å². The van der Waals surface area contributed by atoms with E-state index in [1.54, 1.807) is 0 Å². The molecule has 20 heavy (non-hydrogen) atoms. The van der Waals surface area contributed by atoms with Crippen LogP contribution in [0.1, 0.15) is 40.1 Å². The van der Waals surface area contributed by atoms with Crippen LogP contribution in [-0.4, -0.2) is 32.2 Å². The molecule has 0 bridgehead atoms. The first-order valence-corrected chi connectivity index (χ1v) is 6.02. The maximum Gasteiger partial charge on any atom is 0.294 e. The third-order valence-electron chi connectivity index (χ3n) is 4.00. The molecular weight excluding hydrogens is 286 g/mol. The van der Waals surface area contributed by atoms with Crippen molar-refractivity contribution in [3.8, 4) is 0 Å². The lowest BCUT2D eigenvalue weighted by molar-refractivity contribution is -0.173. The summed E-state index contributed by atoms with van der Waals surface area (Å²) in [4.78, 5) is 34.9. The van der Waals surface area contributed by atoms with Gasteiger partial charge in [-0.15, -0.1) is 12.4 Å². The molecule has 1 fully saturated rings. The molecule has 2 aliphatic rings. The molecular formula is C12H14ClN3O4. The van der Waals surface area contributed by atoms with E-state index in [2.05, 4.69) is 0 Å². The maximum absolute atomic E-state index is 12.1. The van der Waals surface area contributed by atoms with Crippen molar-refractivity contribution in [1.82, 2.24) is 9.63 Å². The second kappa shape index (κ2) is 4.60. The number of rotatable bonds is 1. The van der Waals surface area contributed by atoms with Gasteiger partial charge in [0.05, 0.1) is 5.54 Å². The molecule has 7 nitrogen and oxygen atoms in total. The van der Waals surface area contributed by atoms with Crippen molar-refractivity contribution < 1.29 is 14.8 Å². The average Bonchev–Trinajstić information content (AvgIpc) is 2.31. The number of hydrogen-bond donors (Lipinski definition) is 2. The van der Waals surface area contributed by atoms with Crippen LogP contribution in [0.3, 0.4) is 0 Å². The van der Waals surface area contributed by atoms with Gasteiger partial charge in [-0.25, -0.2) is 5.06 Å². The van der Waals surface area contributed by atoms with Crippen LogP contribution in [0.4, 0.5) is 0 Å². The van der Waals surface area contributed by atoms with E-state index >= 15 is 0 Å². The third kappa shape index (κ3) is 1.82. The van der Waals surface area contributed by atoms with Gasteiger partial charge in [-0.3, -0.25) is 19.6 Å². The number of carbonyl (C=O) groups is 2. The molecule has 1 aromatic rings. The second-order valence-electron chi connectivity index (χ2n) is 5.12. The van der Waals surface area contributed by atoms with Gasteiger partial charge in [0.15, 0.2) is 5.43 Å². The molecule has 1 aliphatic heterocycles. The van der Waals surface area contributed by atoms with Gasteiger partial charge >= 0.3 is 0 Å². The van der Waals surface area contributed by atoms with E-state index in [0.29, 0.717) is 19.4 Å². The number of carbonyl (C=O) groups excluding carboxylic acids is 2. The van der Waals surface area contributed by atoms with Crippen molar-refractivity contribution in [2.45, 2.75) is 31.3 Å². The van der Waals surface area contributed by atoms with Crippen molar-refractivity contribution in [3.63, 3.8) is 0 Å². The Labute approximate surface area is 120 Å². The molecule has 0 aromatic carbocycles. The quantitative estimate of drug-likeness (QED) is 0.719. The summed E-state index contributed by atoms with van der Waals surface area (Å²) in [5.74, 6) is -1.43. The molecule has 0 atom stereocenters. The van der Waals surface area contributed by atoms with E-state index < -0.39 is 22.8 Å². The minimum absolute atomic E-state index is 0. The van der Waals surface area contributed by atoms with Crippen LogP contribution in [0.25, 0.3) is 0 Å². The van der Waals surface area contributed by atoms with E-state index in [0.717, 1.165) is 17.6 Å². The lowest BCUT2D eigenvalue weighted by Crippen LogP contribution is -2.61. The van der Waals surface area contributed by atoms with Gasteiger partial charge in [0.25, 0.3) is 11.8 Å². The van der Waals surface area contributed by atoms with E-state index in [-0.39, 0.29) is 23.7 Å². The normalized spacial score (nSPS) is 19.1. The Kier molecular flexibility index (Phi) is 3.35. The average molecular weight is 300 g/mol. The number of pyridine rings is 1. The highest BCUT2D eigenvalue weighted by atomic mass is 35.5. The molecule has 2 heterocycles. The highest BCUT2D eigenvalue weighted by molar-refractivity contribution is 5.96. The zero-order valence-corrected chi connectivity index (χ0v) is 11.4. The molecule has 108 valence electrons. The van der Waals surface area contributed by atoms with Gasteiger partial charge in [-0.1, -0.05) is 0 Å². The SMILES string of the molecule is Cl.NC(=O)c1cn2c(cc1=O)C(=O)N(O)C1(CCC1)C2. The summed E-state index contributed by atoms with van der Waals surface area (Å²) >= 11 is 0. The molecule has 0 unspecified atom stereocenters. The van der Waals surface area contributed by atoms with Gasteiger partial charge in [0, 0.05) is 18.8 Å². The summed E-state index contributed by atoms with van der Waals surface area (Å²) < 4.78 is 1.54. The first-order chi connectivity index (χ1) is 8.94. The summed E-state index contributed by atoms with van der Waals surface area (Å²) in [6, 6.07) is 1.05. The van der Waals surface area contributed by atoms with E-state index in [4.69, 9.17) is 5.73 Å². The van der Waals surface area contributed by atoms with E-state index in [1.165, 1.54) is 10.8 Å². The van der Waals surface area contributed by atoms with Crippen LogP contribution < -0.4 is 11.2 Å². The Morgan fingerprint density at radius 3 is 2.50 bits per heavy atom. The second-order valence-corrected chi connectivity index (χ2v) is 5.12. The molecule has 1 aromatic heterocycles. The van der Waals surface area contributed by atoms with Gasteiger partial charge in [-0.05, 0) is 19.3 Å². The number of amides is 2. The van der Waals surface area contributed by atoms with Gasteiger partial charge in [0.2, 0.25) is 0 Å². The minimum Gasteiger partial charge on any atom is -0.365 e. The fourth-order valence-electron chi connectivity index (χ4n) is 2.74. The number of hydrogen-bond acceptors (Lipinski definition) is 4. The van der Waals surface area contributed by atoms with Crippen molar-refractivity contribution in [1.29, 1.82) is 0 Å². The van der Waals surface area contributed by atoms with Crippen molar-refractivity contribution >= 4 is 24.2 Å². The third-order valence-corrected chi connectivity index (χ3v) is 4.00. The Hall–Kier alpha value is -1.86. The lowest BCUT2D eigenvalue weighted by Gasteiger charge is -2.49. The fourth-order valence-corrected chi connectivity index (χ4v) is 2.74. The Bertz CT molecular complexity index is 651. The Balaban J connectivity index is 0.00000147. The Morgan fingerprint density at radius 1 is 1.35 bits per heavy atom. The Morgan fingerprint density at radius 2 is 2.00 bits per heavy atom.